The highest BCUT2D eigenvalue weighted by molar-refractivity contribution is 5.94. The van der Waals surface area contributed by atoms with Gasteiger partial charge < -0.3 is 29.0 Å². The van der Waals surface area contributed by atoms with Crippen molar-refractivity contribution in [3.63, 3.8) is 0 Å². The highest BCUT2D eigenvalue weighted by Gasteiger charge is 2.50. The maximum absolute atomic E-state index is 14.0. The van der Waals surface area contributed by atoms with Crippen molar-refractivity contribution in [3.8, 4) is 11.5 Å². The van der Waals surface area contributed by atoms with Gasteiger partial charge in [0.1, 0.15) is 12.7 Å². The van der Waals surface area contributed by atoms with Gasteiger partial charge in [-0.3, -0.25) is 14.5 Å². The summed E-state index contributed by atoms with van der Waals surface area (Å²) < 4.78 is 24.7. The largest absolute Gasteiger partial charge is 0.481 e. The fourth-order valence-corrected chi connectivity index (χ4v) is 6.38. The lowest BCUT2D eigenvalue weighted by Gasteiger charge is -2.37. The lowest BCUT2D eigenvalue weighted by molar-refractivity contribution is -0.670. The molecule has 4 heterocycles. The maximum Gasteiger partial charge on any atom is 0.308 e. The number of anilines is 1. The molecule has 3 atom stereocenters. The van der Waals surface area contributed by atoms with Gasteiger partial charge in [-0.1, -0.05) is 33.3 Å². The van der Waals surface area contributed by atoms with Gasteiger partial charge >= 0.3 is 5.97 Å². The van der Waals surface area contributed by atoms with Gasteiger partial charge in [0.25, 0.3) is 0 Å². The van der Waals surface area contributed by atoms with Crippen molar-refractivity contribution in [3.05, 3.63) is 48.3 Å². The van der Waals surface area contributed by atoms with Gasteiger partial charge in [-0.05, 0) is 36.6 Å². The Bertz CT molecular complexity index is 1250. The topological polar surface area (TPSA) is 102 Å². The van der Waals surface area contributed by atoms with E-state index >= 15 is 0 Å². The number of hydrogen-bond donors (Lipinski definition) is 1. The normalized spacial score (nSPS) is 22.8. The number of hydrogen-bond acceptors (Lipinski definition) is 7. The van der Waals surface area contributed by atoms with Crippen molar-refractivity contribution in [2.24, 2.45) is 18.4 Å². The van der Waals surface area contributed by atoms with E-state index in [1.54, 1.807) is 0 Å². The van der Waals surface area contributed by atoms with Crippen LogP contribution in [0.25, 0.3) is 0 Å². The molecule has 2 aromatic rings. The monoisotopic (exact) mass is 568 g/mol. The molecule has 0 saturated carbocycles. The smallest absolute Gasteiger partial charge is 0.308 e. The Kier molecular flexibility index (Phi) is 8.82. The summed E-state index contributed by atoms with van der Waals surface area (Å²) >= 11 is 0. The van der Waals surface area contributed by atoms with Gasteiger partial charge in [0.15, 0.2) is 30.2 Å². The van der Waals surface area contributed by atoms with Gasteiger partial charge in [-0.15, -0.1) is 0 Å². The van der Waals surface area contributed by atoms with Gasteiger partial charge in [0.2, 0.25) is 12.7 Å². The number of benzene rings is 1. The lowest BCUT2D eigenvalue weighted by Crippen LogP contribution is -2.47. The summed E-state index contributed by atoms with van der Waals surface area (Å²) in [6.07, 6.45) is 5.78. The van der Waals surface area contributed by atoms with Gasteiger partial charge in [-0.25, -0.2) is 4.57 Å². The number of carbonyl (C=O) groups excluding carboxylic acids is 1. The minimum absolute atomic E-state index is 0.0451. The number of carboxylic acid groups (broad SMARTS) is 1. The number of fused-ring (bicyclic) bond motifs is 1. The second-order valence-electron chi connectivity index (χ2n) is 12.0. The Hall–Kier alpha value is -3.21. The average molecular weight is 569 g/mol. The molecule has 1 aromatic carbocycles. The Morgan fingerprint density at radius 3 is 2.61 bits per heavy atom. The number of likely N-dealkylation sites (tertiary alicyclic amines) is 1. The van der Waals surface area contributed by atoms with Crippen molar-refractivity contribution in [1.82, 2.24) is 4.90 Å². The molecule has 10 nitrogen and oxygen atoms in total. The van der Waals surface area contributed by atoms with Gasteiger partial charge in [-0.2, -0.15) is 0 Å². The van der Waals surface area contributed by atoms with E-state index < -0.39 is 29.6 Å². The molecule has 41 heavy (non-hydrogen) atoms. The molecule has 222 valence electrons. The summed E-state index contributed by atoms with van der Waals surface area (Å²) in [7, 11) is 1.94. The standard InChI is InChI=1S/C31H41N3O7/c1-5-6-12-34(22-8-7-11-32(4)17-22)27(35)19-33-18-23(21-9-10-25-26(15-21)41-20-40-25)28(29(36)37)24(33)16-31(2,3)30-38-13-14-39-30/h7-11,15,17,23-24,28,30H,5-6,12-14,16,18-20H2,1-4H3/p+1/t23-,24+,28-/m1/s1. The number of aromatic nitrogens is 1. The Balaban J connectivity index is 1.47. The average Bonchev–Trinajstić information content (AvgIpc) is 3.69. The summed E-state index contributed by atoms with van der Waals surface area (Å²) in [5.74, 6) is -0.719. The molecule has 10 heteroatoms. The van der Waals surface area contributed by atoms with E-state index in [-0.39, 0.29) is 25.2 Å². The van der Waals surface area contributed by atoms with Crippen LogP contribution >= 0.6 is 0 Å². The predicted octanol–water partition coefficient (Wildman–Crippen LogP) is 3.33. The number of amides is 1. The summed E-state index contributed by atoms with van der Waals surface area (Å²) in [5.41, 5.74) is 1.24. The van der Waals surface area contributed by atoms with Crippen LogP contribution in [0.1, 0.15) is 51.5 Å². The Morgan fingerprint density at radius 1 is 1.15 bits per heavy atom. The van der Waals surface area contributed by atoms with Crippen LogP contribution < -0.4 is 18.9 Å². The van der Waals surface area contributed by atoms with Crippen LogP contribution in [0.5, 0.6) is 11.5 Å². The molecule has 1 amide bonds. The number of rotatable bonds is 11. The number of unbranched alkanes of at least 4 members (excludes halogenated alkanes) is 1. The van der Waals surface area contributed by atoms with Crippen LogP contribution in [0.3, 0.4) is 0 Å². The number of ether oxygens (including phenoxy) is 4. The highest BCUT2D eigenvalue weighted by atomic mass is 16.7. The fourth-order valence-electron chi connectivity index (χ4n) is 6.38. The first-order valence-corrected chi connectivity index (χ1v) is 14.5. The Labute approximate surface area is 241 Å². The molecular formula is C31H42N3O7+. The van der Waals surface area contributed by atoms with E-state index in [1.165, 1.54) is 0 Å². The molecule has 3 aliphatic heterocycles. The SMILES string of the molecule is CCCCN(C(=O)CN1C[C@H](c2ccc3c(c2)OCO3)[C@@H](C(=O)O)[C@@H]1CC(C)(C)C1OCCO1)c1ccc[n+](C)c1. The number of carbonyl (C=O) groups is 2. The van der Waals surface area contributed by atoms with Crippen molar-refractivity contribution in [1.29, 1.82) is 0 Å². The summed E-state index contributed by atoms with van der Waals surface area (Å²) in [4.78, 5) is 30.9. The zero-order valence-corrected chi connectivity index (χ0v) is 24.5. The first-order valence-electron chi connectivity index (χ1n) is 14.5. The third-order valence-electron chi connectivity index (χ3n) is 8.46. The molecule has 2 fully saturated rings. The third-order valence-corrected chi connectivity index (χ3v) is 8.46. The quantitative estimate of drug-likeness (QED) is 0.412. The van der Waals surface area contributed by atoms with E-state index in [4.69, 9.17) is 18.9 Å². The summed E-state index contributed by atoms with van der Waals surface area (Å²) in [6.45, 7) is 8.53. The minimum atomic E-state index is -0.880. The van der Waals surface area contributed by atoms with Crippen molar-refractivity contribution in [2.75, 3.05) is 44.5 Å². The fraction of sp³-hybridized carbons (Fsp3) is 0.581. The molecule has 2 saturated heterocycles. The second-order valence-corrected chi connectivity index (χ2v) is 12.0. The second kappa shape index (κ2) is 12.3. The molecule has 0 spiro atoms. The van der Waals surface area contributed by atoms with E-state index in [1.807, 2.05) is 73.1 Å². The first kappa shape index (κ1) is 29.3. The molecule has 1 aromatic heterocycles. The van der Waals surface area contributed by atoms with Crippen molar-refractivity contribution in [2.45, 2.75) is 58.3 Å². The number of pyridine rings is 1. The van der Waals surface area contributed by atoms with Crippen LogP contribution in [0.4, 0.5) is 5.69 Å². The van der Waals surface area contributed by atoms with Crippen LogP contribution in [0, 0.1) is 11.3 Å². The van der Waals surface area contributed by atoms with E-state index in [2.05, 4.69) is 11.8 Å². The predicted molar refractivity (Wildman–Crippen MR) is 151 cm³/mol. The minimum Gasteiger partial charge on any atom is -0.481 e. The number of nitrogens with zero attached hydrogens (tertiary/aromatic N) is 3. The van der Waals surface area contributed by atoms with Gasteiger partial charge in [0.05, 0.1) is 25.7 Å². The summed E-state index contributed by atoms with van der Waals surface area (Å²) in [5, 5.41) is 10.6. The lowest BCUT2D eigenvalue weighted by atomic mass is 9.77. The van der Waals surface area contributed by atoms with Crippen LogP contribution in [-0.2, 0) is 26.1 Å². The van der Waals surface area contributed by atoms with Crippen LogP contribution in [0.2, 0.25) is 0 Å². The van der Waals surface area contributed by atoms with E-state index in [0.717, 1.165) is 24.1 Å². The van der Waals surface area contributed by atoms with Crippen LogP contribution in [-0.4, -0.2) is 73.9 Å². The number of carboxylic acids is 1. The molecule has 0 unspecified atom stereocenters. The molecule has 0 bridgehead atoms. The van der Waals surface area contributed by atoms with Crippen LogP contribution in [0.15, 0.2) is 42.7 Å². The molecule has 3 aliphatic rings. The van der Waals surface area contributed by atoms with E-state index in [0.29, 0.717) is 44.2 Å². The third kappa shape index (κ3) is 6.34. The zero-order chi connectivity index (χ0) is 29.1. The number of aliphatic carboxylic acids is 1. The highest BCUT2D eigenvalue weighted by Crippen LogP contribution is 2.46. The molecular weight excluding hydrogens is 526 g/mol. The maximum atomic E-state index is 14.0. The molecule has 0 aliphatic carbocycles. The van der Waals surface area contributed by atoms with E-state index in [9.17, 15) is 14.7 Å². The van der Waals surface area contributed by atoms with Gasteiger partial charge in [0, 0.05) is 36.5 Å². The molecule has 1 N–H and O–H groups in total. The van der Waals surface area contributed by atoms with Crippen molar-refractivity contribution >= 4 is 17.6 Å². The first-order chi connectivity index (χ1) is 19.7. The Morgan fingerprint density at radius 2 is 1.90 bits per heavy atom. The van der Waals surface area contributed by atoms with Crippen molar-refractivity contribution < 1.29 is 38.2 Å². The molecule has 0 radical (unpaired) electrons. The number of aryl methyl sites for hydroxylation is 1. The molecule has 5 rings (SSSR count). The summed E-state index contributed by atoms with van der Waals surface area (Å²) in [6, 6.07) is 9.11. The zero-order valence-electron chi connectivity index (χ0n) is 24.5.